The first-order chi connectivity index (χ1) is 14.0. The molecule has 0 fully saturated rings. The van der Waals surface area contributed by atoms with Crippen LogP contribution in [0.3, 0.4) is 0 Å². The highest BCUT2D eigenvalue weighted by Gasteiger charge is 2.12. The second-order valence-electron chi connectivity index (χ2n) is 8.18. The van der Waals surface area contributed by atoms with E-state index in [4.69, 9.17) is 32.7 Å². The van der Waals surface area contributed by atoms with Crippen molar-refractivity contribution in [3.05, 3.63) is 47.5 Å². The van der Waals surface area contributed by atoms with Crippen LogP contribution in [0.2, 0.25) is 0 Å². The zero-order chi connectivity index (χ0) is 21.2. The van der Waals surface area contributed by atoms with Crippen LogP contribution in [0, 0.1) is 11.8 Å². The van der Waals surface area contributed by atoms with E-state index in [1.807, 2.05) is 18.2 Å². The SMILES string of the molecule is COc1cc(CCl)c(-c2ccc(OCCC(C)CCCC(C)C)cc2)cc1CCl. The first kappa shape index (κ1) is 23.9. The third-order valence-electron chi connectivity index (χ3n) is 5.32. The van der Waals surface area contributed by atoms with Crippen molar-refractivity contribution in [3.8, 4) is 22.6 Å². The maximum atomic E-state index is 6.18. The molecule has 0 aromatic heterocycles. The third-order valence-corrected chi connectivity index (χ3v) is 5.89. The Kier molecular flexibility index (Phi) is 10.2. The molecule has 29 heavy (non-hydrogen) atoms. The first-order valence-corrected chi connectivity index (χ1v) is 11.6. The van der Waals surface area contributed by atoms with E-state index in [1.165, 1.54) is 19.3 Å². The maximum Gasteiger partial charge on any atom is 0.123 e. The average molecular weight is 437 g/mol. The van der Waals surface area contributed by atoms with Crippen LogP contribution >= 0.6 is 23.2 Å². The summed E-state index contributed by atoms with van der Waals surface area (Å²) in [5, 5.41) is 0. The third kappa shape index (κ3) is 7.42. The summed E-state index contributed by atoms with van der Waals surface area (Å²) in [5.74, 6) is 4.00. The van der Waals surface area contributed by atoms with Crippen LogP contribution in [0.25, 0.3) is 11.1 Å². The van der Waals surface area contributed by atoms with Crippen molar-refractivity contribution in [2.24, 2.45) is 11.8 Å². The van der Waals surface area contributed by atoms with Crippen molar-refractivity contribution < 1.29 is 9.47 Å². The number of alkyl halides is 2. The van der Waals surface area contributed by atoms with E-state index in [0.717, 1.165) is 52.7 Å². The van der Waals surface area contributed by atoms with E-state index >= 15 is 0 Å². The van der Waals surface area contributed by atoms with Gasteiger partial charge in [-0.25, -0.2) is 0 Å². The van der Waals surface area contributed by atoms with E-state index in [9.17, 15) is 0 Å². The molecule has 2 rings (SSSR count). The molecule has 1 atom stereocenters. The molecule has 2 aromatic carbocycles. The smallest absolute Gasteiger partial charge is 0.123 e. The molecule has 1 unspecified atom stereocenters. The lowest BCUT2D eigenvalue weighted by Crippen LogP contribution is -2.04. The number of halogens is 2. The standard InChI is InChI=1S/C25H34Cl2O2/c1-18(2)6-5-7-19(3)12-13-29-23-10-8-20(9-11-23)24-14-22(17-27)25(28-4)15-21(24)16-26/h8-11,14-15,18-19H,5-7,12-13,16-17H2,1-4H3. The van der Waals surface area contributed by atoms with Crippen molar-refractivity contribution in [2.45, 2.75) is 58.2 Å². The van der Waals surface area contributed by atoms with E-state index in [1.54, 1.807) is 7.11 Å². The van der Waals surface area contributed by atoms with Gasteiger partial charge in [0.2, 0.25) is 0 Å². The minimum absolute atomic E-state index is 0.398. The molecule has 0 bridgehead atoms. The molecule has 0 amide bonds. The van der Waals surface area contributed by atoms with Gasteiger partial charge in [-0.15, -0.1) is 23.2 Å². The summed E-state index contributed by atoms with van der Waals surface area (Å²) in [5.41, 5.74) is 4.18. The van der Waals surface area contributed by atoms with E-state index in [0.29, 0.717) is 17.7 Å². The minimum Gasteiger partial charge on any atom is -0.496 e. The predicted octanol–water partition coefficient (Wildman–Crippen LogP) is 8.07. The summed E-state index contributed by atoms with van der Waals surface area (Å²) in [6.07, 6.45) is 4.99. The molecule has 0 N–H and O–H groups in total. The molecule has 0 saturated carbocycles. The van der Waals surface area contributed by atoms with Gasteiger partial charge in [0.1, 0.15) is 11.5 Å². The van der Waals surface area contributed by atoms with Gasteiger partial charge in [-0.2, -0.15) is 0 Å². The molecular formula is C25H34Cl2O2. The second kappa shape index (κ2) is 12.3. The van der Waals surface area contributed by atoms with Crippen molar-refractivity contribution >= 4 is 23.2 Å². The van der Waals surface area contributed by atoms with Crippen molar-refractivity contribution in [1.29, 1.82) is 0 Å². The Hall–Kier alpha value is -1.38. The first-order valence-electron chi connectivity index (χ1n) is 10.5. The molecule has 4 heteroatoms. The highest BCUT2D eigenvalue weighted by Crippen LogP contribution is 2.33. The molecule has 2 nitrogen and oxygen atoms in total. The van der Waals surface area contributed by atoms with Gasteiger partial charge in [0.05, 0.1) is 19.6 Å². The van der Waals surface area contributed by atoms with Crippen LogP contribution < -0.4 is 9.47 Å². The fourth-order valence-corrected chi connectivity index (χ4v) is 3.90. The van der Waals surface area contributed by atoms with E-state index in [2.05, 4.69) is 39.0 Å². The molecule has 0 aliphatic heterocycles. The summed E-state index contributed by atoms with van der Waals surface area (Å²) in [7, 11) is 1.65. The molecule has 0 saturated heterocycles. The topological polar surface area (TPSA) is 18.5 Å². The van der Waals surface area contributed by atoms with Gasteiger partial charge in [0.25, 0.3) is 0 Å². The van der Waals surface area contributed by atoms with Crippen LogP contribution in [0.5, 0.6) is 11.5 Å². The zero-order valence-electron chi connectivity index (χ0n) is 18.1. The summed E-state index contributed by atoms with van der Waals surface area (Å²) in [4.78, 5) is 0. The van der Waals surface area contributed by atoms with Gasteiger partial charge < -0.3 is 9.47 Å². The zero-order valence-corrected chi connectivity index (χ0v) is 19.7. The lowest BCUT2D eigenvalue weighted by molar-refractivity contribution is 0.276. The number of benzene rings is 2. The quantitative estimate of drug-likeness (QED) is 0.313. The normalized spacial score (nSPS) is 12.2. The highest BCUT2D eigenvalue weighted by molar-refractivity contribution is 6.18. The lowest BCUT2D eigenvalue weighted by Gasteiger charge is -2.15. The molecule has 0 heterocycles. The van der Waals surface area contributed by atoms with Gasteiger partial charge in [-0.3, -0.25) is 0 Å². The highest BCUT2D eigenvalue weighted by atomic mass is 35.5. The van der Waals surface area contributed by atoms with Gasteiger partial charge in [-0.1, -0.05) is 52.2 Å². The van der Waals surface area contributed by atoms with Crippen LogP contribution in [-0.2, 0) is 11.8 Å². The van der Waals surface area contributed by atoms with Gasteiger partial charge in [-0.05, 0) is 59.2 Å². The van der Waals surface area contributed by atoms with E-state index in [-0.39, 0.29) is 0 Å². The van der Waals surface area contributed by atoms with Crippen LogP contribution in [0.1, 0.15) is 57.6 Å². The summed E-state index contributed by atoms with van der Waals surface area (Å²) >= 11 is 12.3. The molecule has 0 radical (unpaired) electrons. The average Bonchev–Trinajstić information content (AvgIpc) is 2.73. The van der Waals surface area contributed by atoms with Crippen molar-refractivity contribution in [3.63, 3.8) is 0 Å². The largest absolute Gasteiger partial charge is 0.496 e. The van der Waals surface area contributed by atoms with Crippen LogP contribution in [-0.4, -0.2) is 13.7 Å². The van der Waals surface area contributed by atoms with Gasteiger partial charge in [0.15, 0.2) is 0 Å². The molecule has 0 spiro atoms. The van der Waals surface area contributed by atoms with Gasteiger partial charge in [0, 0.05) is 11.4 Å². The Labute approximate surface area is 186 Å². The maximum absolute atomic E-state index is 6.18. The summed E-state index contributed by atoms with van der Waals surface area (Å²) in [6, 6.07) is 12.3. The Morgan fingerprint density at radius 2 is 1.55 bits per heavy atom. The second-order valence-corrected chi connectivity index (χ2v) is 8.71. The Balaban J connectivity index is 1.96. The molecule has 0 aliphatic carbocycles. The number of hydrogen-bond acceptors (Lipinski definition) is 2. The number of hydrogen-bond donors (Lipinski definition) is 0. The fourth-order valence-electron chi connectivity index (χ4n) is 3.47. The lowest BCUT2D eigenvalue weighted by atomic mass is 9.97. The number of rotatable bonds is 12. The minimum atomic E-state index is 0.398. The van der Waals surface area contributed by atoms with Crippen molar-refractivity contribution in [1.82, 2.24) is 0 Å². The molecule has 160 valence electrons. The number of methoxy groups -OCH3 is 1. The van der Waals surface area contributed by atoms with Crippen molar-refractivity contribution in [2.75, 3.05) is 13.7 Å². The molecular weight excluding hydrogens is 403 g/mol. The monoisotopic (exact) mass is 436 g/mol. The Bertz CT molecular complexity index is 741. The van der Waals surface area contributed by atoms with Gasteiger partial charge >= 0.3 is 0 Å². The molecule has 2 aromatic rings. The predicted molar refractivity (Wildman–Crippen MR) is 126 cm³/mol. The Morgan fingerprint density at radius 3 is 2.14 bits per heavy atom. The molecule has 0 aliphatic rings. The van der Waals surface area contributed by atoms with E-state index < -0.39 is 0 Å². The number of ether oxygens (including phenoxy) is 2. The Morgan fingerprint density at radius 1 is 0.862 bits per heavy atom. The van der Waals surface area contributed by atoms with Crippen LogP contribution in [0.4, 0.5) is 0 Å². The summed E-state index contributed by atoms with van der Waals surface area (Å²) in [6.45, 7) is 7.65. The fraction of sp³-hybridized carbons (Fsp3) is 0.520. The van der Waals surface area contributed by atoms with Crippen LogP contribution in [0.15, 0.2) is 36.4 Å². The summed E-state index contributed by atoms with van der Waals surface area (Å²) < 4.78 is 11.4.